The molecule has 2 aromatic carbocycles. The Balaban J connectivity index is 1.49. The zero-order valence-corrected chi connectivity index (χ0v) is 19.6. The number of hydrogen-bond donors (Lipinski definition) is 1. The molecule has 0 aliphatic carbocycles. The highest BCUT2D eigenvalue weighted by atomic mass is 16.5. The summed E-state index contributed by atoms with van der Waals surface area (Å²) in [5.74, 6) is 0.00109. The number of aryl methyl sites for hydroxylation is 1. The van der Waals surface area contributed by atoms with Crippen LogP contribution in [0.3, 0.4) is 0 Å². The number of rotatable bonds is 5. The van der Waals surface area contributed by atoms with E-state index in [0.717, 1.165) is 40.4 Å². The van der Waals surface area contributed by atoms with Crippen LogP contribution >= 0.6 is 0 Å². The minimum Gasteiger partial charge on any atom is -0.440 e. The second-order valence-electron chi connectivity index (χ2n) is 9.27. The second-order valence-corrected chi connectivity index (χ2v) is 9.27. The van der Waals surface area contributed by atoms with Crippen molar-refractivity contribution >= 4 is 33.6 Å². The molecule has 1 fully saturated rings. The molecule has 0 radical (unpaired) electrons. The molecule has 0 bridgehead atoms. The van der Waals surface area contributed by atoms with Gasteiger partial charge in [-0.05, 0) is 36.6 Å². The van der Waals surface area contributed by atoms with Crippen LogP contribution in [-0.2, 0) is 23.8 Å². The van der Waals surface area contributed by atoms with Crippen molar-refractivity contribution in [2.24, 2.45) is 12.8 Å². The quantitative estimate of drug-likeness (QED) is 0.489. The summed E-state index contributed by atoms with van der Waals surface area (Å²) in [5, 5.41) is 0.842. The average Bonchev–Trinajstić information content (AvgIpc) is 3.26. The van der Waals surface area contributed by atoms with Crippen molar-refractivity contribution in [2.45, 2.75) is 31.8 Å². The summed E-state index contributed by atoms with van der Waals surface area (Å²) in [5.41, 5.74) is 9.11. The molecule has 2 N–H and O–H groups in total. The lowest BCUT2D eigenvalue weighted by atomic mass is 9.80. The van der Waals surface area contributed by atoms with Gasteiger partial charge in [-0.25, -0.2) is 4.98 Å². The van der Waals surface area contributed by atoms with Gasteiger partial charge in [-0.2, -0.15) is 0 Å². The maximum atomic E-state index is 13.0. The van der Waals surface area contributed by atoms with Gasteiger partial charge in [0.05, 0.1) is 17.8 Å². The zero-order valence-electron chi connectivity index (χ0n) is 19.6. The summed E-state index contributed by atoms with van der Waals surface area (Å²) in [4.78, 5) is 32.3. The Hall–Kier alpha value is -3.65. The van der Waals surface area contributed by atoms with Crippen LogP contribution in [0.2, 0.25) is 0 Å². The molecular weight excluding hydrogens is 432 g/mol. The molecule has 1 aliphatic heterocycles. The van der Waals surface area contributed by atoms with Crippen molar-refractivity contribution in [3.05, 3.63) is 69.8 Å². The molecule has 1 saturated heterocycles. The van der Waals surface area contributed by atoms with Gasteiger partial charge in [0.15, 0.2) is 5.58 Å². The van der Waals surface area contributed by atoms with Crippen molar-refractivity contribution < 1.29 is 13.9 Å². The Morgan fingerprint density at radius 3 is 2.65 bits per heavy atom. The summed E-state index contributed by atoms with van der Waals surface area (Å²) in [6, 6.07) is 13.5. The van der Waals surface area contributed by atoms with E-state index in [1.165, 1.54) is 4.57 Å². The van der Waals surface area contributed by atoms with Gasteiger partial charge in [0.2, 0.25) is 5.89 Å². The lowest BCUT2D eigenvalue weighted by Crippen LogP contribution is -2.43. The number of oxazole rings is 1. The average molecular weight is 461 g/mol. The Bertz CT molecular complexity index is 1460. The van der Waals surface area contributed by atoms with Crippen LogP contribution in [-0.4, -0.2) is 35.7 Å². The standard InChI is InChI=1S/C26H28N4O4/c1-26(25-28-18-14-16(15-33-3)8-9-20(18)34-25)10-12-30(13-11-26)22-17-6-4-5-7-19(17)29(2)24(32)21(22)23(27)31/h4-9,14H,10-13,15H2,1-3H3,(H2,27,31). The fraction of sp³-hybridized carbons (Fsp3) is 0.346. The van der Waals surface area contributed by atoms with E-state index >= 15 is 0 Å². The summed E-state index contributed by atoms with van der Waals surface area (Å²) in [6.07, 6.45) is 1.51. The Morgan fingerprint density at radius 1 is 1.21 bits per heavy atom. The van der Waals surface area contributed by atoms with E-state index in [4.69, 9.17) is 19.9 Å². The number of primary amides is 1. The van der Waals surface area contributed by atoms with Gasteiger partial charge in [-0.3, -0.25) is 9.59 Å². The van der Waals surface area contributed by atoms with Gasteiger partial charge < -0.3 is 24.4 Å². The second kappa shape index (κ2) is 8.29. The number of carbonyl (C=O) groups is 1. The fourth-order valence-electron chi connectivity index (χ4n) is 4.96. The number of nitrogens with zero attached hydrogens (tertiary/aromatic N) is 3. The highest BCUT2D eigenvalue weighted by Gasteiger charge is 2.38. The molecule has 0 spiro atoms. The van der Waals surface area contributed by atoms with Crippen LogP contribution in [0.15, 0.2) is 51.7 Å². The monoisotopic (exact) mass is 460 g/mol. The number of nitrogens with two attached hydrogens (primary N) is 1. The molecule has 176 valence electrons. The molecule has 8 nitrogen and oxygen atoms in total. The Labute approximate surface area is 196 Å². The van der Waals surface area contributed by atoms with Gasteiger partial charge in [-0.1, -0.05) is 31.2 Å². The maximum absolute atomic E-state index is 13.0. The number of amides is 1. The van der Waals surface area contributed by atoms with Crippen molar-refractivity contribution in [3.63, 3.8) is 0 Å². The number of hydrogen-bond acceptors (Lipinski definition) is 6. The molecule has 2 aromatic heterocycles. The summed E-state index contributed by atoms with van der Waals surface area (Å²) >= 11 is 0. The molecule has 5 rings (SSSR count). The first-order chi connectivity index (χ1) is 16.3. The molecule has 8 heteroatoms. The minimum atomic E-state index is -0.708. The lowest BCUT2D eigenvalue weighted by Gasteiger charge is -2.39. The SMILES string of the molecule is COCc1ccc2oc(C3(C)CCN(c4c(C(N)=O)c(=O)n(C)c5ccccc45)CC3)nc2c1. The first-order valence-corrected chi connectivity index (χ1v) is 11.4. The van der Waals surface area contributed by atoms with E-state index < -0.39 is 5.91 Å². The van der Waals surface area contributed by atoms with Crippen molar-refractivity contribution in [1.29, 1.82) is 0 Å². The third-order valence-corrected chi connectivity index (χ3v) is 6.98. The number of ether oxygens (including phenoxy) is 1. The first-order valence-electron chi connectivity index (χ1n) is 11.4. The zero-order chi connectivity index (χ0) is 24.0. The van der Waals surface area contributed by atoms with E-state index in [1.807, 2.05) is 42.5 Å². The molecular formula is C26H28N4O4. The molecule has 4 aromatic rings. The maximum Gasteiger partial charge on any atom is 0.265 e. The highest BCUT2D eigenvalue weighted by molar-refractivity contribution is 6.07. The number of methoxy groups -OCH3 is 1. The van der Waals surface area contributed by atoms with Crippen molar-refractivity contribution in [2.75, 3.05) is 25.1 Å². The Kier molecular flexibility index (Phi) is 5.40. The number of carbonyl (C=O) groups excluding carboxylic acids is 1. The van der Waals surface area contributed by atoms with Gasteiger partial charge in [0.1, 0.15) is 11.1 Å². The highest BCUT2D eigenvalue weighted by Crippen LogP contribution is 2.39. The number of piperidine rings is 1. The van der Waals surface area contributed by atoms with E-state index in [-0.39, 0.29) is 16.5 Å². The predicted octanol–water partition coefficient (Wildman–Crippen LogP) is 3.48. The molecule has 34 heavy (non-hydrogen) atoms. The molecule has 0 saturated carbocycles. The van der Waals surface area contributed by atoms with E-state index in [9.17, 15) is 9.59 Å². The smallest absolute Gasteiger partial charge is 0.265 e. The summed E-state index contributed by atoms with van der Waals surface area (Å²) < 4.78 is 12.9. The van der Waals surface area contributed by atoms with Crippen LogP contribution in [0.1, 0.15) is 41.6 Å². The van der Waals surface area contributed by atoms with Crippen molar-refractivity contribution in [1.82, 2.24) is 9.55 Å². The molecule has 1 amide bonds. The van der Waals surface area contributed by atoms with Crippen LogP contribution in [0.4, 0.5) is 5.69 Å². The number of benzene rings is 2. The van der Waals surface area contributed by atoms with Crippen LogP contribution in [0, 0.1) is 0 Å². The number of para-hydroxylation sites is 1. The number of aromatic nitrogens is 2. The number of fused-ring (bicyclic) bond motifs is 2. The van der Waals surface area contributed by atoms with Gasteiger partial charge in [-0.15, -0.1) is 0 Å². The van der Waals surface area contributed by atoms with Crippen LogP contribution in [0.5, 0.6) is 0 Å². The molecule has 0 unspecified atom stereocenters. The van der Waals surface area contributed by atoms with Crippen molar-refractivity contribution in [3.8, 4) is 0 Å². The minimum absolute atomic E-state index is 0.0392. The Morgan fingerprint density at radius 2 is 1.94 bits per heavy atom. The summed E-state index contributed by atoms with van der Waals surface area (Å²) in [7, 11) is 3.34. The topological polar surface area (TPSA) is 104 Å². The van der Waals surface area contributed by atoms with E-state index in [1.54, 1.807) is 14.2 Å². The largest absolute Gasteiger partial charge is 0.440 e. The van der Waals surface area contributed by atoms with E-state index in [0.29, 0.717) is 31.3 Å². The third-order valence-electron chi connectivity index (χ3n) is 6.98. The normalized spacial score (nSPS) is 15.8. The van der Waals surface area contributed by atoms with Crippen LogP contribution in [0.25, 0.3) is 22.0 Å². The number of anilines is 1. The molecule has 1 aliphatic rings. The number of pyridine rings is 1. The predicted molar refractivity (Wildman–Crippen MR) is 131 cm³/mol. The van der Waals surface area contributed by atoms with Gasteiger partial charge in [0.25, 0.3) is 11.5 Å². The third kappa shape index (κ3) is 3.54. The first kappa shape index (κ1) is 22.2. The van der Waals surface area contributed by atoms with Gasteiger partial charge in [0, 0.05) is 38.0 Å². The van der Waals surface area contributed by atoms with E-state index in [2.05, 4.69) is 11.8 Å². The summed E-state index contributed by atoms with van der Waals surface area (Å²) in [6.45, 7) is 3.96. The van der Waals surface area contributed by atoms with Gasteiger partial charge >= 0.3 is 0 Å². The molecule has 0 atom stereocenters. The fourth-order valence-corrected chi connectivity index (χ4v) is 4.96. The van der Waals surface area contributed by atoms with Crippen LogP contribution < -0.4 is 16.2 Å². The molecule has 3 heterocycles. The lowest BCUT2D eigenvalue weighted by molar-refractivity contribution is 0.0999.